The highest BCUT2D eigenvalue weighted by Gasteiger charge is 2.51. The molecule has 2 aromatic carbocycles. The van der Waals surface area contributed by atoms with Gasteiger partial charge < -0.3 is 20.1 Å². The quantitative estimate of drug-likeness (QED) is 0.600. The number of hydrogen-bond acceptors (Lipinski definition) is 3. The van der Waals surface area contributed by atoms with Crippen molar-refractivity contribution in [1.82, 2.24) is 4.57 Å². The fourth-order valence-electron chi connectivity index (χ4n) is 3.65. The van der Waals surface area contributed by atoms with Crippen molar-refractivity contribution in [2.24, 2.45) is 0 Å². The maximum atomic E-state index is 12.9. The predicted octanol–water partition coefficient (Wildman–Crippen LogP) is 4.48. The van der Waals surface area contributed by atoms with Crippen molar-refractivity contribution >= 4 is 22.5 Å². The molecular formula is C22H24N2O3. The molecule has 140 valence electrons. The van der Waals surface area contributed by atoms with Crippen LogP contribution in [-0.2, 0) is 15.7 Å². The topological polar surface area (TPSA) is 74.5 Å². The molecule has 0 spiro atoms. The molecule has 1 heterocycles. The van der Waals surface area contributed by atoms with E-state index in [1.54, 1.807) is 6.07 Å². The molecule has 3 N–H and O–H groups in total. The van der Waals surface area contributed by atoms with E-state index in [0.29, 0.717) is 0 Å². The van der Waals surface area contributed by atoms with Crippen LogP contribution in [0.25, 0.3) is 10.9 Å². The van der Waals surface area contributed by atoms with Crippen molar-refractivity contribution in [2.75, 3.05) is 5.32 Å². The third-order valence-electron chi connectivity index (χ3n) is 5.38. The summed E-state index contributed by atoms with van der Waals surface area (Å²) in [6.07, 6.45) is 3.52. The van der Waals surface area contributed by atoms with Gasteiger partial charge in [0.15, 0.2) is 11.5 Å². The third kappa shape index (κ3) is 2.93. The van der Waals surface area contributed by atoms with Gasteiger partial charge in [0.2, 0.25) is 5.91 Å². The highest BCUT2D eigenvalue weighted by Crippen LogP contribution is 2.50. The molecule has 1 aliphatic carbocycles. The summed E-state index contributed by atoms with van der Waals surface area (Å²) in [7, 11) is 0. The number of anilines is 1. The Kier molecular flexibility index (Phi) is 3.74. The van der Waals surface area contributed by atoms with Gasteiger partial charge in [-0.15, -0.1) is 0 Å². The second-order valence-electron chi connectivity index (χ2n) is 8.37. The number of amides is 1. The summed E-state index contributed by atoms with van der Waals surface area (Å²) in [5.74, 6) is -0.456. The van der Waals surface area contributed by atoms with Crippen LogP contribution in [0, 0.1) is 0 Å². The molecule has 0 aliphatic heterocycles. The maximum absolute atomic E-state index is 12.9. The predicted molar refractivity (Wildman–Crippen MR) is 106 cm³/mol. The molecule has 1 saturated carbocycles. The Morgan fingerprint density at radius 2 is 1.78 bits per heavy atom. The molecule has 1 amide bonds. The summed E-state index contributed by atoms with van der Waals surface area (Å²) < 4.78 is 2.22. The average Bonchev–Trinajstić information content (AvgIpc) is 3.30. The number of rotatable bonds is 3. The SMILES string of the molecule is CC(C)(C)n1ccc2cc(NC(=O)C3(c4ccc(O)c(O)c4)CC3)ccc21. The van der Waals surface area contributed by atoms with Gasteiger partial charge in [-0.3, -0.25) is 4.79 Å². The number of carbonyl (C=O) groups is 1. The first kappa shape index (κ1) is 17.5. The third-order valence-corrected chi connectivity index (χ3v) is 5.38. The maximum Gasteiger partial charge on any atom is 0.235 e. The lowest BCUT2D eigenvalue weighted by Gasteiger charge is -2.22. The van der Waals surface area contributed by atoms with E-state index in [0.717, 1.165) is 35.0 Å². The van der Waals surface area contributed by atoms with E-state index in [2.05, 4.69) is 42.9 Å². The van der Waals surface area contributed by atoms with E-state index >= 15 is 0 Å². The van der Waals surface area contributed by atoms with Gasteiger partial charge in [-0.2, -0.15) is 0 Å². The van der Waals surface area contributed by atoms with Crippen LogP contribution >= 0.6 is 0 Å². The second-order valence-corrected chi connectivity index (χ2v) is 8.37. The summed E-state index contributed by atoms with van der Waals surface area (Å²) in [4.78, 5) is 12.9. The zero-order valence-corrected chi connectivity index (χ0v) is 15.8. The largest absolute Gasteiger partial charge is 0.504 e. The molecule has 0 bridgehead atoms. The minimum Gasteiger partial charge on any atom is -0.504 e. The Morgan fingerprint density at radius 3 is 2.41 bits per heavy atom. The van der Waals surface area contributed by atoms with Crippen LogP contribution in [0.3, 0.4) is 0 Å². The van der Waals surface area contributed by atoms with Gasteiger partial charge in [0.05, 0.1) is 5.41 Å². The molecule has 0 unspecified atom stereocenters. The van der Waals surface area contributed by atoms with Crippen molar-refractivity contribution in [1.29, 1.82) is 0 Å². The number of fused-ring (bicyclic) bond motifs is 1. The van der Waals surface area contributed by atoms with E-state index in [1.807, 2.05) is 18.2 Å². The zero-order valence-electron chi connectivity index (χ0n) is 15.8. The van der Waals surface area contributed by atoms with E-state index in [-0.39, 0.29) is 22.9 Å². The Labute approximate surface area is 158 Å². The Balaban J connectivity index is 1.60. The van der Waals surface area contributed by atoms with Crippen LogP contribution in [0.2, 0.25) is 0 Å². The number of phenols is 2. The Bertz CT molecular complexity index is 1040. The van der Waals surface area contributed by atoms with E-state index in [1.165, 1.54) is 12.1 Å². The van der Waals surface area contributed by atoms with Crippen molar-refractivity contribution < 1.29 is 15.0 Å². The monoisotopic (exact) mass is 364 g/mol. The summed E-state index contributed by atoms with van der Waals surface area (Å²) in [6, 6.07) is 12.6. The van der Waals surface area contributed by atoms with Crippen molar-refractivity contribution in [3.05, 3.63) is 54.2 Å². The van der Waals surface area contributed by atoms with Gasteiger partial charge in [-0.25, -0.2) is 0 Å². The highest BCUT2D eigenvalue weighted by molar-refractivity contribution is 6.02. The number of carbonyl (C=O) groups excluding carboxylic acids is 1. The van der Waals surface area contributed by atoms with Gasteiger partial charge in [0, 0.05) is 28.3 Å². The summed E-state index contributed by atoms with van der Waals surface area (Å²) >= 11 is 0. The van der Waals surface area contributed by atoms with Crippen molar-refractivity contribution in [2.45, 2.75) is 44.6 Å². The molecule has 1 aliphatic rings. The van der Waals surface area contributed by atoms with E-state index in [9.17, 15) is 15.0 Å². The summed E-state index contributed by atoms with van der Waals surface area (Å²) in [6.45, 7) is 6.48. The van der Waals surface area contributed by atoms with Gasteiger partial charge in [-0.1, -0.05) is 6.07 Å². The van der Waals surface area contributed by atoms with Crippen LogP contribution in [0.15, 0.2) is 48.7 Å². The molecular weight excluding hydrogens is 340 g/mol. The number of aromatic nitrogens is 1. The minimum absolute atomic E-state index is 0.00848. The van der Waals surface area contributed by atoms with Gasteiger partial charge in [-0.05, 0) is 75.6 Å². The molecule has 1 fully saturated rings. The fourth-order valence-corrected chi connectivity index (χ4v) is 3.65. The Morgan fingerprint density at radius 1 is 1.04 bits per heavy atom. The lowest BCUT2D eigenvalue weighted by atomic mass is 9.94. The molecule has 3 aromatic rings. The molecule has 5 nitrogen and oxygen atoms in total. The van der Waals surface area contributed by atoms with Crippen LogP contribution < -0.4 is 5.32 Å². The second kappa shape index (κ2) is 5.78. The van der Waals surface area contributed by atoms with E-state index < -0.39 is 5.41 Å². The number of phenolic OH excluding ortho intramolecular Hbond substituents is 2. The standard InChI is InChI=1S/C22H24N2O3/c1-21(2,3)24-11-8-14-12-16(5-6-17(14)24)23-20(27)22(9-10-22)15-4-7-18(25)19(26)13-15/h4-8,11-13,25-26H,9-10H2,1-3H3,(H,23,27). The minimum atomic E-state index is -0.628. The molecule has 0 saturated heterocycles. The van der Waals surface area contributed by atoms with Crippen LogP contribution in [0.5, 0.6) is 11.5 Å². The fraction of sp³-hybridized carbons (Fsp3) is 0.318. The number of nitrogens with zero attached hydrogens (tertiary/aromatic N) is 1. The van der Waals surface area contributed by atoms with Crippen molar-refractivity contribution in [3.63, 3.8) is 0 Å². The molecule has 0 atom stereocenters. The normalized spacial score (nSPS) is 15.7. The van der Waals surface area contributed by atoms with E-state index in [4.69, 9.17) is 0 Å². The lowest BCUT2D eigenvalue weighted by Crippen LogP contribution is -2.27. The lowest BCUT2D eigenvalue weighted by molar-refractivity contribution is -0.118. The molecule has 27 heavy (non-hydrogen) atoms. The molecule has 5 heteroatoms. The first-order chi connectivity index (χ1) is 12.7. The highest BCUT2D eigenvalue weighted by atomic mass is 16.3. The summed E-state index contributed by atoms with van der Waals surface area (Å²) in [5.41, 5.74) is 1.98. The smallest absolute Gasteiger partial charge is 0.235 e. The first-order valence-corrected chi connectivity index (χ1v) is 9.16. The van der Waals surface area contributed by atoms with Crippen LogP contribution in [-0.4, -0.2) is 20.7 Å². The number of hydrogen-bond donors (Lipinski definition) is 3. The first-order valence-electron chi connectivity index (χ1n) is 9.16. The van der Waals surface area contributed by atoms with Gasteiger partial charge in [0.1, 0.15) is 0 Å². The summed E-state index contributed by atoms with van der Waals surface area (Å²) in [5, 5.41) is 23.4. The number of nitrogens with one attached hydrogen (secondary N) is 1. The van der Waals surface area contributed by atoms with Crippen LogP contribution in [0.1, 0.15) is 39.2 Å². The molecule has 1 aromatic heterocycles. The van der Waals surface area contributed by atoms with Gasteiger partial charge >= 0.3 is 0 Å². The average molecular weight is 364 g/mol. The van der Waals surface area contributed by atoms with Crippen molar-refractivity contribution in [3.8, 4) is 11.5 Å². The number of benzene rings is 2. The Hall–Kier alpha value is -2.95. The van der Waals surface area contributed by atoms with Crippen LogP contribution in [0.4, 0.5) is 5.69 Å². The zero-order chi connectivity index (χ0) is 19.4. The van der Waals surface area contributed by atoms with Gasteiger partial charge in [0.25, 0.3) is 0 Å². The molecule has 4 rings (SSSR count). The number of aromatic hydroxyl groups is 2. The molecule has 0 radical (unpaired) electrons.